The van der Waals surface area contributed by atoms with Gasteiger partial charge < -0.3 is 19.9 Å². The molecule has 0 unspecified atom stereocenters. The number of fused-ring (bicyclic) bond motifs is 2. The minimum absolute atomic E-state index is 0.137. The molecule has 0 radical (unpaired) electrons. The molecule has 0 saturated carbocycles. The lowest BCUT2D eigenvalue weighted by Gasteiger charge is -2.18. The number of carboxylic acid groups (broad SMARTS) is 1. The Hall–Kier alpha value is -3.28. The number of anilines is 1. The summed E-state index contributed by atoms with van der Waals surface area (Å²) in [6.07, 6.45) is 1.71. The summed E-state index contributed by atoms with van der Waals surface area (Å²) in [5.41, 5.74) is 2.52. The third-order valence-corrected chi connectivity index (χ3v) is 3.93. The van der Waals surface area contributed by atoms with Crippen molar-refractivity contribution in [3.8, 4) is 11.5 Å². The second-order valence-corrected chi connectivity index (χ2v) is 5.48. The van der Waals surface area contributed by atoms with E-state index in [0.717, 1.165) is 5.56 Å². The van der Waals surface area contributed by atoms with Gasteiger partial charge in [-0.2, -0.15) is 0 Å². The summed E-state index contributed by atoms with van der Waals surface area (Å²) in [6.45, 7) is 1.000. The Kier molecular flexibility index (Phi) is 3.23. The van der Waals surface area contributed by atoms with Crippen LogP contribution in [-0.4, -0.2) is 30.2 Å². The number of nitrogens with one attached hydrogen (secondary N) is 1. The van der Waals surface area contributed by atoms with Gasteiger partial charge >= 0.3 is 5.97 Å². The van der Waals surface area contributed by atoms with Crippen molar-refractivity contribution in [2.24, 2.45) is 0 Å². The molecule has 24 heavy (non-hydrogen) atoms. The average Bonchev–Trinajstić information content (AvgIpc) is 2.89. The third kappa shape index (κ3) is 2.38. The van der Waals surface area contributed by atoms with Gasteiger partial charge in [0.1, 0.15) is 13.2 Å². The number of rotatable bonds is 2. The predicted molar refractivity (Wildman–Crippen MR) is 87.3 cm³/mol. The first-order valence-corrected chi connectivity index (χ1v) is 7.42. The molecule has 0 aliphatic carbocycles. The van der Waals surface area contributed by atoms with Gasteiger partial charge in [0, 0.05) is 16.8 Å². The number of carbonyl (C=O) groups is 2. The molecule has 120 valence electrons. The van der Waals surface area contributed by atoms with Crippen molar-refractivity contribution in [1.29, 1.82) is 0 Å². The number of benzene rings is 2. The van der Waals surface area contributed by atoms with E-state index in [9.17, 15) is 9.59 Å². The van der Waals surface area contributed by atoms with E-state index in [-0.39, 0.29) is 11.5 Å². The Morgan fingerprint density at radius 1 is 1.08 bits per heavy atom. The number of hydrogen-bond donors (Lipinski definition) is 2. The lowest BCUT2D eigenvalue weighted by atomic mass is 10.0. The molecule has 4 rings (SSSR count). The van der Waals surface area contributed by atoms with E-state index in [2.05, 4.69) is 5.32 Å². The van der Waals surface area contributed by atoms with E-state index in [0.29, 0.717) is 41.5 Å². The maximum absolute atomic E-state index is 12.2. The summed E-state index contributed by atoms with van der Waals surface area (Å²) in [4.78, 5) is 23.4. The van der Waals surface area contributed by atoms with Crippen LogP contribution in [0.15, 0.2) is 36.4 Å². The second-order valence-electron chi connectivity index (χ2n) is 5.48. The Morgan fingerprint density at radius 2 is 1.88 bits per heavy atom. The van der Waals surface area contributed by atoms with E-state index in [1.807, 2.05) is 6.07 Å². The molecule has 0 bridgehead atoms. The van der Waals surface area contributed by atoms with Crippen molar-refractivity contribution in [2.45, 2.75) is 0 Å². The summed E-state index contributed by atoms with van der Waals surface area (Å²) >= 11 is 0. The first-order valence-electron chi connectivity index (χ1n) is 7.42. The van der Waals surface area contributed by atoms with Gasteiger partial charge in [-0.1, -0.05) is 6.07 Å². The molecule has 0 atom stereocenters. The molecular weight excluding hydrogens is 310 g/mol. The fraction of sp³-hybridized carbons (Fsp3) is 0.111. The van der Waals surface area contributed by atoms with Crippen LogP contribution < -0.4 is 14.8 Å². The number of amides is 1. The highest BCUT2D eigenvalue weighted by molar-refractivity contribution is 6.35. The topological polar surface area (TPSA) is 84.9 Å². The quantitative estimate of drug-likeness (QED) is 0.830. The zero-order valence-corrected chi connectivity index (χ0v) is 12.5. The summed E-state index contributed by atoms with van der Waals surface area (Å²) in [5, 5.41) is 11.9. The molecule has 2 aromatic carbocycles. The van der Waals surface area contributed by atoms with Crippen LogP contribution >= 0.6 is 0 Å². The highest BCUT2D eigenvalue weighted by atomic mass is 16.6. The van der Waals surface area contributed by atoms with Crippen molar-refractivity contribution >= 4 is 29.2 Å². The van der Waals surface area contributed by atoms with Gasteiger partial charge in [0.25, 0.3) is 5.91 Å². The monoisotopic (exact) mass is 323 g/mol. The Labute approximate surface area is 137 Å². The molecule has 1 amide bonds. The summed E-state index contributed by atoms with van der Waals surface area (Å²) in [6, 6.07) is 9.98. The molecule has 2 aromatic rings. The van der Waals surface area contributed by atoms with E-state index < -0.39 is 5.97 Å². The lowest BCUT2D eigenvalue weighted by molar-refractivity contribution is -0.110. The van der Waals surface area contributed by atoms with Gasteiger partial charge in [0.15, 0.2) is 11.5 Å². The van der Waals surface area contributed by atoms with E-state index in [1.54, 1.807) is 24.3 Å². The first kappa shape index (κ1) is 14.3. The Bertz CT molecular complexity index is 900. The van der Waals surface area contributed by atoms with Crippen LogP contribution in [0.3, 0.4) is 0 Å². The Balaban J connectivity index is 1.77. The summed E-state index contributed by atoms with van der Waals surface area (Å²) in [5.74, 6) is 0.0135. The van der Waals surface area contributed by atoms with E-state index in [4.69, 9.17) is 14.6 Å². The molecule has 6 heteroatoms. The predicted octanol–water partition coefficient (Wildman–Crippen LogP) is 2.65. The van der Waals surface area contributed by atoms with Crippen LogP contribution in [0.1, 0.15) is 21.5 Å². The molecule has 2 heterocycles. The van der Waals surface area contributed by atoms with Crippen molar-refractivity contribution in [1.82, 2.24) is 0 Å². The van der Waals surface area contributed by atoms with Crippen LogP contribution in [0.2, 0.25) is 0 Å². The van der Waals surface area contributed by atoms with Crippen molar-refractivity contribution in [3.63, 3.8) is 0 Å². The molecular formula is C18H13NO5. The highest BCUT2D eigenvalue weighted by Crippen LogP contribution is 2.36. The van der Waals surface area contributed by atoms with Crippen LogP contribution in [-0.2, 0) is 4.79 Å². The van der Waals surface area contributed by atoms with Crippen molar-refractivity contribution in [3.05, 3.63) is 53.1 Å². The smallest absolute Gasteiger partial charge is 0.335 e. The number of ether oxygens (including phenoxy) is 2. The molecule has 0 saturated heterocycles. The van der Waals surface area contributed by atoms with E-state index in [1.165, 1.54) is 12.1 Å². The van der Waals surface area contributed by atoms with Gasteiger partial charge in [0.2, 0.25) is 0 Å². The molecule has 2 aliphatic rings. The van der Waals surface area contributed by atoms with Gasteiger partial charge in [-0.05, 0) is 42.0 Å². The van der Waals surface area contributed by atoms with Crippen molar-refractivity contribution in [2.75, 3.05) is 18.5 Å². The van der Waals surface area contributed by atoms with Crippen molar-refractivity contribution < 1.29 is 24.2 Å². The zero-order valence-electron chi connectivity index (χ0n) is 12.5. The van der Waals surface area contributed by atoms with Crippen LogP contribution in [0, 0.1) is 0 Å². The minimum atomic E-state index is -1.03. The first-order chi connectivity index (χ1) is 11.6. The molecule has 0 spiro atoms. The van der Waals surface area contributed by atoms with Crippen LogP contribution in [0.5, 0.6) is 11.5 Å². The highest BCUT2D eigenvalue weighted by Gasteiger charge is 2.25. The molecule has 2 aliphatic heterocycles. The average molecular weight is 323 g/mol. The molecule has 0 aromatic heterocycles. The van der Waals surface area contributed by atoms with Gasteiger partial charge in [-0.3, -0.25) is 4.79 Å². The molecule has 6 nitrogen and oxygen atoms in total. The number of aromatic carboxylic acids is 1. The fourth-order valence-electron chi connectivity index (χ4n) is 2.78. The second kappa shape index (κ2) is 5.42. The molecule has 2 N–H and O–H groups in total. The number of hydrogen-bond acceptors (Lipinski definition) is 4. The minimum Gasteiger partial charge on any atom is -0.486 e. The standard InChI is InChI=1S/C18H13NO5/c20-17-13(12-9-11(18(21)22)2-3-14(12)19-17)7-10-1-4-15-16(8-10)24-6-5-23-15/h1-4,7-9H,5-6H2,(H,19,20)(H,21,22)/b13-7+. The van der Waals surface area contributed by atoms with Gasteiger partial charge in [0.05, 0.1) is 5.56 Å². The van der Waals surface area contributed by atoms with Gasteiger partial charge in [-0.25, -0.2) is 4.79 Å². The summed E-state index contributed by atoms with van der Waals surface area (Å²) in [7, 11) is 0. The van der Waals surface area contributed by atoms with Gasteiger partial charge in [-0.15, -0.1) is 0 Å². The lowest BCUT2D eigenvalue weighted by Crippen LogP contribution is -2.15. The molecule has 0 fully saturated rings. The SMILES string of the molecule is O=C1Nc2ccc(C(=O)O)cc2/C1=C\c1ccc2c(c1)OCCO2. The largest absolute Gasteiger partial charge is 0.486 e. The van der Waals surface area contributed by atoms with Crippen LogP contribution in [0.25, 0.3) is 11.6 Å². The maximum Gasteiger partial charge on any atom is 0.335 e. The fourth-order valence-corrected chi connectivity index (χ4v) is 2.78. The van der Waals surface area contributed by atoms with E-state index >= 15 is 0 Å². The normalized spacial score (nSPS) is 16.7. The van der Waals surface area contributed by atoms with Crippen LogP contribution in [0.4, 0.5) is 5.69 Å². The summed E-state index contributed by atoms with van der Waals surface area (Å²) < 4.78 is 11.0. The maximum atomic E-state index is 12.2. The zero-order chi connectivity index (χ0) is 16.7. The Morgan fingerprint density at radius 3 is 2.67 bits per heavy atom. The third-order valence-electron chi connectivity index (χ3n) is 3.93. The number of carbonyl (C=O) groups excluding carboxylic acids is 1. The number of carboxylic acids is 1.